The molecule has 0 atom stereocenters. The van der Waals surface area contributed by atoms with E-state index in [-0.39, 0.29) is 28.1 Å². The maximum atomic E-state index is 13.0. The minimum atomic E-state index is -3.93. The number of amides is 1. The van der Waals surface area contributed by atoms with Crippen molar-refractivity contribution in [1.82, 2.24) is 14.1 Å². The van der Waals surface area contributed by atoms with E-state index in [4.69, 9.17) is 16.3 Å². The Kier molecular flexibility index (Phi) is 8.31. The molecule has 9 heteroatoms. The van der Waals surface area contributed by atoms with Gasteiger partial charge < -0.3 is 9.64 Å². The van der Waals surface area contributed by atoms with E-state index in [1.54, 1.807) is 11.0 Å². The molecule has 0 spiro atoms. The van der Waals surface area contributed by atoms with Crippen LogP contribution >= 0.6 is 11.6 Å². The molecular formula is C23H28ClN3O4S. The number of rotatable bonds is 8. The summed E-state index contributed by atoms with van der Waals surface area (Å²) in [6, 6.07) is 14.5. The number of likely N-dealkylation sites (N-methyl/N-ethyl adjacent to an activating group) is 1. The summed E-state index contributed by atoms with van der Waals surface area (Å²) in [7, 11) is -1.15. The number of carbonyl (C=O) groups is 1. The van der Waals surface area contributed by atoms with E-state index in [2.05, 4.69) is 29.2 Å². The zero-order valence-electron chi connectivity index (χ0n) is 18.3. The van der Waals surface area contributed by atoms with Crippen molar-refractivity contribution in [2.45, 2.75) is 4.90 Å². The van der Waals surface area contributed by atoms with Gasteiger partial charge in [-0.25, -0.2) is 8.42 Å². The highest BCUT2D eigenvalue weighted by atomic mass is 35.5. The normalized spacial score (nSPS) is 15.4. The molecule has 0 aliphatic carbocycles. The van der Waals surface area contributed by atoms with Gasteiger partial charge in [-0.1, -0.05) is 54.1 Å². The molecule has 0 unspecified atom stereocenters. The van der Waals surface area contributed by atoms with E-state index in [9.17, 15) is 13.2 Å². The van der Waals surface area contributed by atoms with Gasteiger partial charge in [0.2, 0.25) is 15.9 Å². The molecule has 0 aromatic heterocycles. The van der Waals surface area contributed by atoms with E-state index in [1.165, 1.54) is 26.3 Å². The van der Waals surface area contributed by atoms with Gasteiger partial charge in [-0.3, -0.25) is 9.69 Å². The zero-order chi connectivity index (χ0) is 23.1. The lowest BCUT2D eigenvalue weighted by Gasteiger charge is -2.34. The number of sulfonamides is 1. The lowest BCUT2D eigenvalue weighted by molar-refractivity contribution is -0.132. The van der Waals surface area contributed by atoms with Crippen LogP contribution in [-0.4, -0.2) is 81.9 Å². The number of hydrogen-bond acceptors (Lipinski definition) is 5. The highest BCUT2D eigenvalue weighted by Gasteiger charge is 2.29. The first kappa shape index (κ1) is 24.3. The molecule has 7 nitrogen and oxygen atoms in total. The minimum absolute atomic E-state index is 0.0576. The number of ether oxygens (including phenoxy) is 1. The number of benzene rings is 2. The zero-order valence-corrected chi connectivity index (χ0v) is 19.8. The fraction of sp³-hybridized carbons (Fsp3) is 0.348. The van der Waals surface area contributed by atoms with E-state index in [1.807, 2.05) is 18.2 Å². The first-order valence-corrected chi connectivity index (χ1v) is 12.1. The standard InChI is InChI=1S/C23H28ClN3O4S/c1-25(32(29,30)22-17-20(24)10-11-21(22)31-2)18-23(28)27-15-13-26(14-16-27)12-6-9-19-7-4-3-5-8-19/h3-11,17H,12-16,18H2,1-2H3/b9-6+. The highest BCUT2D eigenvalue weighted by molar-refractivity contribution is 7.89. The number of nitrogens with zero attached hydrogens (tertiary/aromatic N) is 3. The summed E-state index contributed by atoms with van der Waals surface area (Å²) in [4.78, 5) is 16.7. The third-order valence-corrected chi connectivity index (χ3v) is 7.43. The molecule has 0 bridgehead atoms. The van der Waals surface area contributed by atoms with Gasteiger partial charge in [0.05, 0.1) is 13.7 Å². The van der Waals surface area contributed by atoms with Crippen LogP contribution < -0.4 is 4.74 Å². The maximum absolute atomic E-state index is 13.0. The monoisotopic (exact) mass is 477 g/mol. The van der Waals surface area contributed by atoms with E-state index in [0.717, 1.165) is 29.5 Å². The van der Waals surface area contributed by atoms with Crippen LogP contribution in [0.15, 0.2) is 59.5 Å². The van der Waals surface area contributed by atoms with Gasteiger partial charge in [0, 0.05) is 44.8 Å². The molecule has 172 valence electrons. The van der Waals surface area contributed by atoms with Gasteiger partial charge in [0.15, 0.2) is 0 Å². The molecular weight excluding hydrogens is 450 g/mol. The summed E-state index contributed by atoms with van der Waals surface area (Å²) >= 11 is 5.97. The van der Waals surface area contributed by atoms with Crippen LogP contribution in [0.25, 0.3) is 6.08 Å². The molecule has 1 aliphatic heterocycles. The Balaban J connectivity index is 1.53. The summed E-state index contributed by atoms with van der Waals surface area (Å²) in [6.07, 6.45) is 4.20. The number of carbonyl (C=O) groups excluding carboxylic acids is 1. The quantitative estimate of drug-likeness (QED) is 0.584. The summed E-state index contributed by atoms with van der Waals surface area (Å²) in [5, 5.41) is 0.279. The molecule has 1 heterocycles. The lowest BCUT2D eigenvalue weighted by Crippen LogP contribution is -2.51. The third-order valence-electron chi connectivity index (χ3n) is 5.37. The first-order chi connectivity index (χ1) is 15.3. The summed E-state index contributed by atoms with van der Waals surface area (Å²) in [5.74, 6) is -0.0394. The van der Waals surface area contributed by atoms with E-state index >= 15 is 0 Å². The Morgan fingerprint density at radius 2 is 1.81 bits per heavy atom. The number of piperazine rings is 1. The molecule has 2 aromatic carbocycles. The van der Waals surface area contributed by atoms with Crippen LogP contribution in [0.1, 0.15) is 5.56 Å². The smallest absolute Gasteiger partial charge is 0.247 e. The minimum Gasteiger partial charge on any atom is -0.495 e. The molecule has 0 radical (unpaired) electrons. The molecule has 3 rings (SSSR count). The van der Waals surface area contributed by atoms with Crippen LogP contribution in [0, 0.1) is 0 Å². The molecule has 32 heavy (non-hydrogen) atoms. The molecule has 1 amide bonds. The van der Waals surface area contributed by atoms with Crippen molar-refractivity contribution in [3.05, 3.63) is 65.2 Å². The number of halogens is 1. The van der Waals surface area contributed by atoms with Gasteiger partial charge >= 0.3 is 0 Å². The second kappa shape index (κ2) is 11.0. The predicted octanol–water partition coefficient (Wildman–Crippen LogP) is 2.83. The maximum Gasteiger partial charge on any atom is 0.247 e. The second-order valence-electron chi connectivity index (χ2n) is 7.55. The van der Waals surface area contributed by atoms with Crippen LogP contribution in [0.2, 0.25) is 5.02 Å². The summed E-state index contributed by atoms with van der Waals surface area (Å²) < 4.78 is 32.1. The largest absolute Gasteiger partial charge is 0.495 e. The van der Waals surface area contributed by atoms with Crippen molar-refractivity contribution in [2.24, 2.45) is 0 Å². The second-order valence-corrected chi connectivity index (χ2v) is 10.0. The Bertz CT molecular complexity index is 1050. The summed E-state index contributed by atoms with van der Waals surface area (Å²) in [6.45, 7) is 3.16. The topological polar surface area (TPSA) is 70.2 Å². The predicted molar refractivity (Wildman–Crippen MR) is 126 cm³/mol. The number of hydrogen-bond donors (Lipinski definition) is 0. The SMILES string of the molecule is COc1ccc(Cl)cc1S(=O)(=O)N(C)CC(=O)N1CCN(C/C=C/c2ccccc2)CC1. The van der Waals surface area contributed by atoms with E-state index < -0.39 is 10.0 Å². The van der Waals surface area contributed by atoms with Crippen molar-refractivity contribution in [3.8, 4) is 5.75 Å². The van der Waals surface area contributed by atoms with Crippen LogP contribution in [0.5, 0.6) is 5.75 Å². The van der Waals surface area contributed by atoms with Crippen molar-refractivity contribution in [3.63, 3.8) is 0 Å². The summed E-state index contributed by atoms with van der Waals surface area (Å²) in [5.41, 5.74) is 1.15. The highest BCUT2D eigenvalue weighted by Crippen LogP contribution is 2.29. The van der Waals surface area contributed by atoms with Crippen LogP contribution in [0.4, 0.5) is 0 Å². The van der Waals surface area contributed by atoms with Gasteiger partial charge in [-0.2, -0.15) is 4.31 Å². The molecule has 1 aliphatic rings. The average Bonchev–Trinajstić information content (AvgIpc) is 2.80. The molecule has 2 aromatic rings. The third kappa shape index (κ3) is 6.10. The van der Waals surface area contributed by atoms with Crippen molar-refractivity contribution in [1.29, 1.82) is 0 Å². The lowest BCUT2D eigenvalue weighted by atomic mass is 10.2. The Hall–Kier alpha value is -2.39. The molecule has 0 saturated carbocycles. The van der Waals surface area contributed by atoms with Crippen LogP contribution in [0.3, 0.4) is 0 Å². The first-order valence-electron chi connectivity index (χ1n) is 10.3. The van der Waals surface area contributed by atoms with E-state index in [0.29, 0.717) is 13.1 Å². The Morgan fingerprint density at radius 3 is 2.47 bits per heavy atom. The average molecular weight is 478 g/mol. The van der Waals surface area contributed by atoms with Gasteiger partial charge in [-0.05, 0) is 23.8 Å². The van der Waals surface area contributed by atoms with Crippen LogP contribution in [-0.2, 0) is 14.8 Å². The van der Waals surface area contributed by atoms with Gasteiger partial charge in [0.25, 0.3) is 0 Å². The molecule has 1 saturated heterocycles. The van der Waals surface area contributed by atoms with Gasteiger partial charge in [-0.15, -0.1) is 0 Å². The molecule has 1 fully saturated rings. The fourth-order valence-corrected chi connectivity index (χ4v) is 5.01. The van der Waals surface area contributed by atoms with Gasteiger partial charge in [0.1, 0.15) is 10.6 Å². The van der Waals surface area contributed by atoms with Crippen molar-refractivity contribution < 1.29 is 17.9 Å². The fourth-order valence-electron chi connectivity index (χ4n) is 3.48. The Labute approximate surface area is 194 Å². The molecule has 0 N–H and O–H groups in total. The van der Waals surface area contributed by atoms with Crippen molar-refractivity contribution in [2.75, 3.05) is 53.4 Å². The number of methoxy groups -OCH3 is 1. The Morgan fingerprint density at radius 1 is 1.12 bits per heavy atom. The van der Waals surface area contributed by atoms with Crippen molar-refractivity contribution >= 4 is 33.6 Å².